The third-order valence-electron chi connectivity index (χ3n) is 3.40. The van der Waals surface area contributed by atoms with E-state index in [1.165, 1.54) is 6.92 Å². The first-order valence-corrected chi connectivity index (χ1v) is 6.74. The van der Waals surface area contributed by atoms with E-state index in [0.29, 0.717) is 13.2 Å². The van der Waals surface area contributed by atoms with Crippen LogP contribution in [0.5, 0.6) is 5.75 Å². The first kappa shape index (κ1) is 14.8. The van der Waals surface area contributed by atoms with Gasteiger partial charge in [0.2, 0.25) is 5.91 Å². The number of aryl methyl sites for hydroxylation is 1. The molecule has 1 aromatic carbocycles. The van der Waals surface area contributed by atoms with Gasteiger partial charge in [0.25, 0.3) is 0 Å². The molecule has 0 aromatic heterocycles. The molecule has 20 heavy (non-hydrogen) atoms. The molecule has 1 amide bonds. The molecule has 0 unspecified atom stereocenters. The lowest BCUT2D eigenvalue weighted by Crippen LogP contribution is -2.49. The van der Waals surface area contributed by atoms with Crippen LogP contribution in [0.15, 0.2) is 24.3 Å². The van der Waals surface area contributed by atoms with Crippen molar-refractivity contribution in [1.82, 2.24) is 4.90 Å². The molecular formula is C15H21NO4. The van der Waals surface area contributed by atoms with Crippen LogP contribution in [0.3, 0.4) is 0 Å². The molecule has 0 radical (unpaired) electrons. The molecule has 0 spiro atoms. The minimum atomic E-state index is -1.18. The zero-order valence-corrected chi connectivity index (χ0v) is 12.0. The molecular weight excluding hydrogens is 258 g/mol. The Morgan fingerprint density at radius 3 is 2.95 bits per heavy atom. The van der Waals surface area contributed by atoms with E-state index in [4.69, 9.17) is 9.47 Å². The number of rotatable bonds is 3. The molecule has 5 heteroatoms. The fourth-order valence-electron chi connectivity index (χ4n) is 2.20. The minimum absolute atomic E-state index is 0.0650. The lowest BCUT2D eigenvalue weighted by atomic mass is 10.1. The van der Waals surface area contributed by atoms with E-state index in [1.807, 2.05) is 31.2 Å². The van der Waals surface area contributed by atoms with Crippen molar-refractivity contribution >= 4 is 5.91 Å². The molecule has 1 aliphatic rings. The van der Waals surface area contributed by atoms with Gasteiger partial charge in [-0.3, -0.25) is 4.79 Å². The zero-order valence-electron chi connectivity index (χ0n) is 12.0. The largest absolute Gasteiger partial charge is 0.490 e. The van der Waals surface area contributed by atoms with E-state index >= 15 is 0 Å². The predicted octanol–water partition coefficient (Wildman–Crippen LogP) is 0.984. The van der Waals surface area contributed by atoms with Crippen molar-refractivity contribution in [3.63, 3.8) is 0 Å². The van der Waals surface area contributed by atoms with Crippen LogP contribution in [-0.2, 0) is 9.53 Å². The van der Waals surface area contributed by atoms with Gasteiger partial charge in [0.1, 0.15) is 18.0 Å². The van der Waals surface area contributed by atoms with Crippen LogP contribution >= 0.6 is 0 Å². The normalized spacial score (nSPS) is 23.2. The van der Waals surface area contributed by atoms with E-state index in [-0.39, 0.29) is 25.7 Å². The summed E-state index contributed by atoms with van der Waals surface area (Å²) in [6.07, 6.45) is 0. The van der Waals surface area contributed by atoms with Gasteiger partial charge in [-0.15, -0.1) is 0 Å². The van der Waals surface area contributed by atoms with Gasteiger partial charge in [-0.1, -0.05) is 18.2 Å². The second-order valence-corrected chi connectivity index (χ2v) is 5.27. The van der Waals surface area contributed by atoms with Gasteiger partial charge in [0, 0.05) is 13.5 Å². The van der Waals surface area contributed by atoms with E-state index in [0.717, 1.165) is 11.3 Å². The van der Waals surface area contributed by atoms with Crippen molar-refractivity contribution in [2.75, 3.05) is 32.9 Å². The lowest BCUT2D eigenvalue weighted by Gasteiger charge is -2.30. The molecule has 0 saturated carbocycles. The summed E-state index contributed by atoms with van der Waals surface area (Å²) < 4.78 is 11.1. The highest BCUT2D eigenvalue weighted by atomic mass is 16.5. The smallest absolute Gasteiger partial charge is 0.219 e. The molecule has 1 N–H and O–H groups in total. The van der Waals surface area contributed by atoms with Gasteiger partial charge in [-0.05, 0) is 18.6 Å². The topological polar surface area (TPSA) is 59.0 Å². The Bertz CT molecular complexity index is 477. The summed E-state index contributed by atoms with van der Waals surface area (Å²) in [4.78, 5) is 13.1. The molecule has 2 rings (SSSR count). The van der Waals surface area contributed by atoms with Gasteiger partial charge < -0.3 is 19.5 Å². The van der Waals surface area contributed by atoms with Crippen LogP contribution in [-0.4, -0.2) is 54.4 Å². The van der Waals surface area contributed by atoms with Crippen LogP contribution in [0.1, 0.15) is 12.5 Å². The van der Waals surface area contributed by atoms with E-state index in [2.05, 4.69) is 0 Å². The molecule has 5 nitrogen and oxygen atoms in total. The van der Waals surface area contributed by atoms with E-state index in [9.17, 15) is 9.90 Å². The van der Waals surface area contributed by atoms with Gasteiger partial charge in [-0.25, -0.2) is 0 Å². The van der Waals surface area contributed by atoms with E-state index < -0.39 is 5.60 Å². The summed E-state index contributed by atoms with van der Waals surface area (Å²) in [5.74, 6) is 0.671. The number of hydrogen-bond donors (Lipinski definition) is 1. The number of ether oxygens (including phenoxy) is 2. The van der Waals surface area contributed by atoms with Gasteiger partial charge in [0.15, 0.2) is 0 Å². The maximum Gasteiger partial charge on any atom is 0.219 e. The Hall–Kier alpha value is -1.59. The number of para-hydroxylation sites is 1. The Labute approximate surface area is 119 Å². The van der Waals surface area contributed by atoms with Crippen molar-refractivity contribution in [2.45, 2.75) is 19.4 Å². The second kappa shape index (κ2) is 6.24. The van der Waals surface area contributed by atoms with Crippen molar-refractivity contribution in [1.29, 1.82) is 0 Å². The Morgan fingerprint density at radius 2 is 2.25 bits per heavy atom. The van der Waals surface area contributed by atoms with Crippen LogP contribution < -0.4 is 4.74 Å². The van der Waals surface area contributed by atoms with Gasteiger partial charge >= 0.3 is 0 Å². The summed E-state index contributed by atoms with van der Waals surface area (Å²) in [6.45, 7) is 4.88. The average molecular weight is 279 g/mol. The number of carbonyl (C=O) groups is 1. The highest BCUT2D eigenvalue weighted by Crippen LogP contribution is 2.20. The molecule has 1 fully saturated rings. The minimum Gasteiger partial charge on any atom is -0.490 e. The van der Waals surface area contributed by atoms with Gasteiger partial charge in [-0.2, -0.15) is 0 Å². The zero-order chi connectivity index (χ0) is 14.6. The first-order valence-electron chi connectivity index (χ1n) is 6.74. The third kappa shape index (κ3) is 3.71. The predicted molar refractivity (Wildman–Crippen MR) is 74.7 cm³/mol. The summed E-state index contributed by atoms with van der Waals surface area (Å²) in [5, 5.41) is 10.6. The summed E-state index contributed by atoms with van der Waals surface area (Å²) >= 11 is 0. The number of β-amino-alcohol motifs (C(OH)–C–C–N with tert-alkyl or cyclic N) is 1. The van der Waals surface area contributed by atoms with Crippen molar-refractivity contribution in [2.24, 2.45) is 0 Å². The molecule has 0 bridgehead atoms. The third-order valence-corrected chi connectivity index (χ3v) is 3.40. The Balaban J connectivity index is 2.02. The fraction of sp³-hybridized carbons (Fsp3) is 0.533. The molecule has 0 aliphatic carbocycles. The number of amides is 1. The van der Waals surface area contributed by atoms with Crippen LogP contribution in [0.25, 0.3) is 0 Å². The van der Waals surface area contributed by atoms with Crippen molar-refractivity contribution in [3.05, 3.63) is 29.8 Å². The number of nitrogens with zero attached hydrogens (tertiary/aromatic N) is 1. The van der Waals surface area contributed by atoms with Crippen molar-refractivity contribution in [3.8, 4) is 5.75 Å². The number of benzene rings is 1. The first-order chi connectivity index (χ1) is 9.50. The highest BCUT2D eigenvalue weighted by Gasteiger charge is 2.34. The van der Waals surface area contributed by atoms with Crippen LogP contribution in [0.4, 0.5) is 0 Å². The molecule has 1 saturated heterocycles. The summed E-state index contributed by atoms with van der Waals surface area (Å²) in [7, 11) is 0. The molecule has 110 valence electrons. The standard InChI is InChI=1S/C15H21NO4/c1-12-5-3-4-6-14(12)20-11-15(18)9-16(13(2)17)7-8-19-10-15/h3-6,18H,7-11H2,1-2H3/t15-/m0/s1. The average Bonchev–Trinajstić information content (AvgIpc) is 2.61. The maximum atomic E-state index is 11.5. The second-order valence-electron chi connectivity index (χ2n) is 5.27. The van der Waals surface area contributed by atoms with Gasteiger partial charge in [0.05, 0.1) is 19.8 Å². The quantitative estimate of drug-likeness (QED) is 0.896. The SMILES string of the molecule is CC(=O)N1CCOC[C@](O)(COc2ccccc2C)C1. The molecule has 1 aliphatic heterocycles. The molecule has 1 atom stereocenters. The number of aliphatic hydroxyl groups is 1. The maximum absolute atomic E-state index is 11.5. The van der Waals surface area contributed by atoms with E-state index in [1.54, 1.807) is 4.90 Å². The Morgan fingerprint density at radius 1 is 1.50 bits per heavy atom. The molecule has 1 aromatic rings. The number of carbonyl (C=O) groups excluding carboxylic acids is 1. The summed E-state index contributed by atoms with van der Waals surface area (Å²) in [5.41, 5.74) is -0.168. The van der Waals surface area contributed by atoms with Crippen molar-refractivity contribution < 1.29 is 19.4 Å². The monoisotopic (exact) mass is 279 g/mol. The fourth-order valence-corrected chi connectivity index (χ4v) is 2.20. The lowest BCUT2D eigenvalue weighted by molar-refractivity contribution is -0.132. The van der Waals surface area contributed by atoms with Crippen LogP contribution in [0, 0.1) is 6.92 Å². The number of hydrogen-bond acceptors (Lipinski definition) is 4. The summed E-state index contributed by atoms with van der Waals surface area (Å²) in [6, 6.07) is 7.63. The highest BCUT2D eigenvalue weighted by molar-refractivity contribution is 5.73. The Kier molecular flexibility index (Phi) is 4.62. The van der Waals surface area contributed by atoms with Crippen LogP contribution in [0.2, 0.25) is 0 Å². The molecule has 1 heterocycles.